The molecule has 2 fully saturated rings. The van der Waals surface area contributed by atoms with Gasteiger partial charge >= 0.3 is 0 Å². The van der Waals surface area contributed by atoms with Crippen LogP contribution in [0.25, 0.3) is 0 Å². The van der Waals surface area contributed by atoms with Gasteiger partial charge in [0.1, 0.15) is 0 Å². The number of primary amides is 1. The second kappa shape index (κ2) is 5.80. The molecule has 2 aliphatic carbocycles. The highest BCUT2D eigenvalue weighted by atomic mass is 16.1. The lowest BCUT2D eigenvalue weighted by molar-refractivity contribution is -0.124. The first-order valence-corrected chi connectivity index (χ1v) is 7.78. The maximum Gasteiger partial charge on any atom is 0.237 e. The Morgan fingerprint density at radius 2 is 2.11 bits per heavy atom. The third-order valence-electron chi connectivity index (χ3n) is 4.54. The van der Waals surface area contributed by atoms with Gasteiger partial charge in [-0.1, -0.05) is 20.8 Å². The first kappa shape index (κ1) is 14.8. The number of nitrogens with two attached hydrogens (primary N) is 1. The van der Waals surface area contributed by atoms with Crippen molar-refractivity contribution in [2.24, 2.45) is 11.7 Å². The Labute approximate surface area is 117 Å². The zero-order chi connectivity index (χ0) is 14.0. The van der Waals surface area contributed by atoms with Crippen molar-refractivity contribution >= 4 is 5.91 Å². The molecule has 2 rings (SSSR count). The molecule has 110 valence electrons. The van der Waals surface area contributed by atoms with Crippen LogP contribution in [0.2, 0.25) is 0 Å². The fourth-order valence-electron chi connectivity index (χ4n) is 3.38. The number of hydrogen-bond donors (Lipinski definition) is 2. The van der Waals surface area contributed by atoms with Gasteiger partial charge in [-0.2, -0.15) is 0 Å². The summed E-state index contributed by atoms with van der Waals surface area (Å²) in [5.74, 6) is 0.516. The Bertz CT molecular complexity index is 327. The van der Waals surface area contributed by atoms with Crippen LogP contribution >= 0.6 is 0 Å². The van der Waals surface area contributed by atoms with E-state index in [0.29, 0.717) is 18.0 Å². The highest BCUT2D eigenvalue weighted by Gasteiger charge is 2.47. The molecule has 1 amide bonds. The van der Waals surface area contributed by atoms with Crippen molar-refractivity contribution < 1.29 is 4.79 Å². The average molecular weight is 267 g/mol. The summed E-state index contributed by atoms with van der Waals surface area (Å²) < 4.78 is 0. The number of nitrogens with zero attached hydrogens (tertiary/aromatic N) is 1. The standard InChI is InChI=1S/C15H29N3O/c1-4-18(10-11(2)3)13-7-8-15(9-13,14(16)19)17-12-5-6-12/h11-13,17H,4-10H2,1-3H3,(H2,16,19). The van der Waals surface area contributed by atoms with Crippen molar-refractivity contribution in [1.82, 2.24) is 10.2 Å². The molecule has 0 aromatic carbocycles. The van der Waals surface area contributed by atoms with E-state index in [2.05, 4.69) is 31.0 Å². The predicted octanol–water partition coefficient (Wildman–Crippen LogP) is 1.49. The molecule has 0 aromatic heterocycles. The molecular formula is C15H29N3O. The average Bonchev–Trinajstić information content (AvgIpc) is 3.03. The molecule has 0 aliphatic heterocycles. The first-order chi connectivity index (χ1) is 8.97. The van der Waals surface area contributed by atoms with E-state index >= 15 is 0 Å². The summed E-state index contributed by atoms with van der Waals surface area (Å²) in [6.45, 7) is 8.88. The lowest BCUT2D eigenvalue weighted by atomic mass is 9.95. The topological polar surface area (TPSA) is 58.4 Å². The van der Waals surface area contributed by atoms with Crippen LogP contribution in [0.15, 0.2) is 0 Å². The Kier molecular flexibility index (Phi) is 4.51. The van der Waals surface area contributed by atoms with Crippen molar-refractivity contribution in [3.05, 3.63) is 0 Å². The van der Waals surface area contributed by atoms with Crippen LogP contribution < -0.4 is 11.1 Å². The molecule has 3 N–H and O–H groups in total. The van der Waals surface area contributed by atoms with Gasteiger partial charge in [-0.15, -0.1) is 0 Å². The fourth-order valence-corrected chi connectivity index (χ4v) is 3.38. The molecule has 0 aromatic rings. The van der Waals surface area contributed by atoms with Crippen molar-refractivity contribution in [3.63, 3.8) is 0 Å². The summed E-state index contributed by atoms with van der Waals surface area (Å²) in [6.07, 6.45) is 5.27. The van der Waals surface area contributed by atoms with Crippen molar-refractivity contribution in [1.29, 1.82) is 0 Å². The lowest BCUT2D eigenvalue weighted by Crippen LogP contribution is -2.55. The van der Waals surface area contributed by atoms with Gasteiger partial charge in [0.05, 0.1) is 5.54 Å². The summed E-state index contributed by atoms with van der Waals surface area (Å²) >= 11 is 0. The van der Waals surface area contributed by atoms with Crippen LogP contribution in [0, 0.1) is 5.92 Å². The Balaban J connectivity index is 2.00. The third-order valence-corrected chi connectivity index (χ3v) is 4.54. The van der Waals surface area contributed by atoms with Gasteiger partial charge in [0.25, 0.3) is 0 Å². The number of carbonyl (C=O) groups is 1. The van der Waals surface area contributed by atoms with Crippen LogP contribution in [-0.4, -0.2) is 41.5 Å². The molecule has 19 heavy (non-hydrogen) atoms. The molecule has 4 heteroatoms. The molecule has 2 unspecified atom stereocenters. The number of rotatable bonds is 7. The van der Waals surface area contributed by atoms with Gasteiger partial charge in [-0.3, -0.25) is 4.79 Å². The van der Waals surface area contributed by atoms with Crippen molar-refractivity contribution in [2.45, 2.75) is 70.5 Å². The van der Waals surface area contributed by atoms with Crippen LogP contribution in [0.4, 0.5) is 0 Å². The molecule has 0 saturated heterocycles. The number of nitrogens with one attached hydrogen (secondary N) is 1. The SMILES string of the molecule is CCN(CC(C)C)C1CCC(NC2CC2)(C(N)=O)C1. The molecule has 2 saturated carbocycles. The lowest BCUT2D eigenvalue weighted by Gasteiger charge is -2.32. The molecule has 0 spiro atoms. The summed E-state index contributed by atoms with van der Waals surface area (Å²) in [5, 5.41) is 3.53. The van der Waals surface area contributed by atoms with Gasteiger partial charge in [0, 0.05) is 18.6 Å². The number of carbonyl (C=O) groups excluding carboxylic acids is 1. The van der Waals surface area contributed by atoms with Gasteiger partial charge in [0.15, 0.2) is 0 Å². The zero-order valence-corrected chi connectivity index (χ0v) is 12.6. The summed E-state index contributed by atoms with van der Waals surface area (Å²) in [6, 6.07) is 1.04. The Morgan fingerprint density at radius 1 is 1.42 bits per heavy atom. The molecule has 4 nitrogen and oxygen atoms in total. The summed E-state index contributed by atoms with van der Waals surface area (Å²) in [4.78, 5) is 14.4. The van der Waals surface area contributed by atoms with Crippen LogP contribution in [0.1, 0.15) is 52.9 Å². The molecular weight excluding hydrogens is 238 g/mol. The minimum Gasteiger partial charge on any atom is -0.368 e. The highest BCUT2D eigenvalue weighted by Crippen LogP contribution is 2.36. The van der Waals surface area contributed by atoms with E-state index in [1.165, 1.54) is 12.8 Å². The minimum atomic E-state index is -0.434. The quantitative estimate of drug-likeness (QED) is 0.735. The van der Waals surface area contributed by atoms with Crippen LogP contribution in [0.3, 0.4) is 0 Å². The maximum absolute atomic E-state index is 11.9. The fraction of sp³-hybridized carbons (Fsp3) is 0.933. The smallest absolute Gasteiger partial charge is 0.237 e. The van der Waals surface area contributed by atoms with Gasteiger partial charge in [-0.25, -0.2) is 0 Å². The van der Waals surface area contributed by atoms with Gasteiger partial charge < -0.3 is 16.0 Å². The minimum absolute atomic E-state index is 0.150. The summed E-state index contributed by atoms with van der Waals surface area (Å²) in [7, 11) is 0. The molecule has 0 heterocycles. The van der Waals surface area contributed by atoms with Gasteiger partial charge in [-0.05, 0) is 44.6 Å². The summed E-state index contributed by atoms with van der Waals surface area (Å²) in [5.41, 5.74) is 5.26. The normalized spacial score (nSPS) is 31.3. The molecule has 2 aliphatic rings. The largest absolute Gasteiger partial charge is 0.368 e. The second-order valence-corrected chi connectivity index (χ2v) is 6.74. The van der Waals surface area contributed by atoms with Gasteiger partial charge in [0.2, 0.25) is 5.91 Å². The van der Waals surface area contributed by atoms with Crippen molar-refractivity contribution in [3.8, 4) is 0 Å². The van der Waals surface area contributed by atoms with Crippen molar-refractivity contribution in [2.75, 3.05) is 13.1 Å². The van der Waals surface area contributed by atoms with E-state index in [-0.39, 0.29) is 5.91 Å². The third kappa shape index (κ3) is 3.48. The van der Waals surface area contributed by atoms with Crippen LogP contribution in [-0.2, 0) is 4.79 Å². The van der Waals surface area contributed by atoms with E-state index in [4.69, 9.17) is 5.73 Å². The monoisotopic (exact) mass is 267 g/mol. The molecule has 0 bridgehead atoms. The second-order valence-electron chi connectivity index (χ2n) is 6.74. The number of hydrogen-bond acceptors (Lipinski definition) is 3. The maximum atomic E-state index is 11.9. The predicted molar refractivity (Wildman–Crippen MR) is 77.8 cm³/mol. The van der Waals surface area contributed by atoms with E-state index in [1.54, 1.807) is 0 Å². The van der Waals surface area contributed by atoms with Crippen LogP contribution in [0.5, 0.6) is 0 Å². The Hall–Kier alpha value is -0.610. The highest BCUT2D eigenvalue weighted by molar-refractivity contribution is 5.85. The zero-order valence-electron chi connectivity index (χ0n) is 12.6. The van der Waals surface area contributed by atoms with E-state index in [0.717, 1.165) is 32.4 Å². The van der Waals surface area contributed by atoms with E-state index in [1.807, 2.05) is 0 Å². The Morgan fingerprint density at radius 3 is 2.58 bits per heavy atom. The molecule has 2 atom stereocenters. The van der Waals surface area contributed by atoms with E-state index in [9.17, 15) is 4.79 Å². The first-order valence-electron chi connectivity index (χ1n) is 7.78. The van der Waals surface area contributed by atoms with E-state index < -0.39 is 5.54 Å². The number of amides is 1. The molecule has 0 radical (unpaired) electrons.